The Hall–Kier alpha value is -1.68. The number of nitrogens with zero attached hydrogens (tertiary/aromatic N) is 1. The van der Waals surface area contributed by atoms with Crippen molar-refractivity contribution in [2.24, 2.45) is 5.92 Å². The monoisotopic (exact) mass is 303 g/mol. The maximum Gasteiger partial charge on any atom is 0.330 e. The largest absolute Gasteiger partial charge is 0.468 e. The molecule has 0 radical (unpaired) electrons. The van der Waals surface area contributed by atoms with Gasteiger partial charge in [0, 0.05) is 0 Å². The third-order valence-electron chi connectivity index (χ3n) is 4.51. The summed E-state index contributed by atoms with van der Waals surface area (Å²) in [5, 5.41) is 0. The molecule has 1 aliphatic rings. The minimum atomic E-state index is -0.722. The summed E-state index contributed by atoms with van der Waals surface area (Å²) in [6.45, 7) is 3.04. The van der Waals surface area contributed by atoms with Crippen molar-refractivity contribution in [2.75, 3.05) is 20.2 Å². The summed E-state index contributed by atoms with van der Waals surface area (Å²) in [4.78, 5) is 25.4. The first-order chi connectivity index (χ1) is 10.6. The number of hydrogen-bond donors (Lipinski definition) is 0. The van der Waals surface area contributed by atoms with Crippen molar-refractivity contribution < 1.29 is 14.3 Å². The van der Waals surface area contributed by atoms with Gasteiger partial charge >= 0.3 is 5.97 Å². The molecule has 1 saturated heterocycles. The number of benzene rings is 1. The topological polar surface area (TPSA) is 46.6 Å². The van der Waals surface area contributed by atoms with Crippen LogP contribution in [-0.2, 0) is 20.7 Å². The lowest BCUT2D eigenvalue weighted by Crippen LogP contribution is -2.49. The highest BCUT2D eigenvalue weighted by atomic mass is 16.5. The average molecular weight is 303 g/mol. The van der Waals surface area contributed by atoms with Crippen molar-refractivity contribution in [1.82, 2.24) is 4.90 Å². The number of carbonyl (C=O) groups excluding carboxylic acids is 2. The van der Waals surface area contributed by atoms with Gasteiger partial charge in [0.05, 0.1) is 7.11 Å². The summed E-state index contributed by atoms with van der Waals surface area (Å²) in [5.41, 5.74) is 1.38. The number of rotatable bonds is 6. The van der Waals surface area contributed by atoms with E-state index in [1.54, 1.807) is 0 Å². The van der Waals surface area contributed by atoms with Gasteiger partial charge in [0.25, 0.3) is 0 Å². The number of aryl methyl sites for hydroxylation is 1. The first-order valence-electron chi connectivity index (χ1n) is 7.98. The highest BCUT2D eigenvalue weighted by molar-refractivity contribution is 6.01. The van der Waals surface area contributed by atoms with Crippen LogP contribution in [0.15, 0.2) is 30.3 Å². The van der Waals surface area contributed by atoms with Gasteiger partial charge in [0.2, 0.25) is 0 Å². The highest BCUT2D eigenvalue weighted by Crippen LogP contribution is 2.24. The first-order valence-corrected chi connectivity index (χ1v) is 7.98. The van der Waals surface area contributed by atoms with Crippen LogP contribution in [0.3, 0.4) is 0 Å². The molecule has 4 nitrogen and oxygen atoms in total. The molecule has 22 heavy (non-hydrogen) atoms. The Balaban J connectivity index is 1.82. The first kappa shape index (κ1) is 16.7. The number of methoxy groups -OCH3 is 1. The quantitative estimate of drug-likeness (QED) is 0.598. The summed E-state index contributed by atoms with van der Waals surface area (Å²) in [6, 6.07) is 9.80. The van der Waals surface area contributed by atoms with Crippen molar-refractivity contribution in [3.05, 3.63) is 35.9 Å². The van der Waals surface area contributed by atoms with Crippen LogP contribution >= 0.6 is 0 Å². The van der Waals surface area contributed by atoms with Crippen LogP contribution in [-0.4, -0.2) is 42.9 Å². The summed E-state index contributed by atoms with van der Waals surface area (Å²) < 4.78 is 4.76. The predicted octanol–water partition coefficient (Wildman–Crippen LogP) is 2.46. The summed E-state index contributed by atoms with van der Waals surface area (Å²) in [5.74, 6) is 0.103. The standard InChI is InChI=1S/C18H25NO3/c1-14(20)17(18(21)22-2)19-12-10-16(11-13-19)9-8-15-6-4-3-5-7-15/h3-7,16-17H,8-13H2,1-2H3. The number of Topliss-reactive ketones (excluding diaryl/α,β-unsaturated/α-hetero) is 1. The van der Waals surface area contributed by atoms with Crippen LogP contribution in [0.25, 0.3) is 0 Å². The molecular formula is C18H25NO3. The Morgan fingerprint density at radius 3 is 2.41 bits per heavy atom. The van der Waals surface area contributed by atoms with Gasteiger partial charge in [-0.05, 0) is 57.2 Å². The van der Waals surface area contributed by atoms with Crippen LogP contribution in [0, 0.1) is 5.92 Å². The minimum Gasteiger partial charge on any atom is -0.468 e. The van der Waals surface area contributed by atoms with Gasteiger partial charge in [0.1, 0.15) is 0 Å². The lowest BCUT2D eigenvalue weighted by molar-refractivity contribution is -0.151. The zero-order valence-electron chi connectivity index (χ0n) is 13.5. The number of piperidine rings is 1. The lowest BCUT2D eigenvalue weighted by atomic mass is 9.89. The van der Waals surface area contributed by atoms with Gasteiger partial charge in [-0.3, -0.25) is 9.69 Å². The van der Waals surface area contributed by atoms with E-state index in [-0.39, 0.29) is 5.78 Å². The smallest absolute Gasteiger partial charge is 0.330 e. The van der Waals surface area contributed by atoms with Crippen molar-refractivity contribution in [3.8, 4) is 0 Å². The fraction of sp³-hybridized carbons (Fsp3) is 0.556. The molecule has 4 heteroatoms. The molecule has 0 bridgehead atoms. The Morgan fingerprint density at radius 2 is 1.86 bits per heavy atom. The van der Waals surface area contributed by atoms with Crippen LogP contribution in [0.1, 0.15) is 31.7 Å². The molecule has 2 rings (SSSR count). The second-order valence-electron chi connectivity index (χ2n) is 6.04. The molecule has 120 valence electrons. The molecule has 0 aliphatic carbocycles. The van der Waals surface area contributed by atoms with E-state index in [9.17, 15) is 9.59 Å². The van der Waals surface area contributed by atoms with E-state index in [4.69, 9.17) is 4.74 Å². The van der Waals surface area contributed by atoms with Gasteiger partial charge in [-0.2, -0.15) is 0 Å². The summed E-state index contributed by atoms with van der Waals surface area (Å²) in [6.07, 6.45) is 4.33. The molecule has 0 saturated carbocycles. The normalized spacial score (nSPS) is 17.9. The van der Waals surface area contributed by atoms with E-state index in [2.05, 4.69) is 24.3 Å². The van der Waals surface area contributed by atoms with Crippen LogP contribution in [0.5, 0.6) is 0 Å². The number of carbonyl (C=O) groups is 2. The zero-order chi connectivity index (χ0) is 15.9. The molecule has 0 amide bonds. The van der Waals surface area contributed by atoms with E-state index in [0.717, 1.165) is 32.4 Å². The molecule has 0 spiro atoms. The van der Waals surface area contributed by atoms with Gasteiger partial charge in [-0.15, -0.1) is 0 Å². The molecule has 1 atom stereocenters. The van der Waals surface area contributed by atoms with Crippen LogP contribution in [0.2, 0.25) is 0 Å². The van der Waals surface area contributed by atoms with Crippen LogP contribution < -0.4 is 0 Å². The third kappa shape index (κ3) is 4.41. The fourth-order valence-corrected chi connectivity index (χ4v) is 3.20. The molecular weight excluding hydrogens is 278 g/mol. The second-order valence-corrected chi connectivity index (χ2v) is 6.04. The van der Waals surface area contributed by atoms with Gasteiger partial charge in [-0.25, -0.2) is 4.79 Å². The molecule has 1 fully saturated rings. The van der Waals surface area contributed by atoms with Gasteiger partial charge in [0.15, 0.2) is 11.8 Å². The van der Waals surface area contributed by atoms with E-state index in [0.29, 0.717) is 5.92 Å². The van der Waals surface area contributed by atoms with Crippen molar-refractivity contribution in [3.63, 3.8) is 0 Å². The Labute approximate surface area is 132 Å². The van der Waals surface area contributed by atoms with E-state index in [1.165, 1.54) is 26.0 Å². The number of hydrogen-bond acceptors (Lipinski definition) is 4. The molecule has 1 unspecified atom stereocenters. The SMILES string of the molecule is COC(=O)C(C(C)=O)N1CCC(CCc2ccccc2)CC1. The van der Waals surface area contributed by atoms with E-state index in [1.807, 2.05) is 11.0 Å². The van der Waals surface area contributed by atoms with Crippen molar-refractivity contribution in [2.45, 2.75) is 38.6 Å². The molecule has 1 aromatic rings. The average Bonchev–Trinajstić information content (AvgIpc) is 2.54. The third-order valence-corrected chi connectivity index (χ3v) is 4.51. The number of likely N-dealkylation sites (tertiary alicyclic amines) is 1. The van der Waals surface area contributed by atoms with E-state index >= 15 is 0 Å². The summed E-state index contributed by atoms with van der Waals surface area (Å²) >= 11 is 0. The molecule has 0 N–H and O–H groups in total. The maximum atomic E-state index is 11.8. The molecule has 0 aromatic heterocycles. The number of ether oxygens (including phenoxy) is 1. The highest BCUT2D eigenvalue weighted by Gasteiger charge is 2.33. The van der Waals surface area contributed by atoms with Crippen molar-refractivity contribution in [1.29, 1.82) is 0 Å². The Bertz CT molecular complexity index is 492. The number of esters is 1. The van der Waals surface area contributed by atoms with E-state index < -0.39 is 12.0 Å². The Kier molecular flexibility index (Phi) is 6.13. The summed E-state index contributed by atoms with van der Waals surface area (Å²) in [7, 11) is 1.34. The Morgan fingerprint density at radius 1 is 1.23 bits per heavy atom. The van der Waals surface area contributed by atoms with Crippen LogP contribution in [0.4, 0.5) is 0 Å². The fourth-order valence-electron chi connectivity index (χ4n) is 3.20. The van der Waals surface area contributed by atoms with Crippen molar-refractivity contribution >= 4 is 11.8 Å². The zero-order valence-corrected chi connectivity index (χ0v) is 13.5. The lowest BCUT2D eigenvalue weighted by Gasteiger charge is -2.35. The van der Waals surface area contributed by atoms with Gasteiger partial charge < -0.3 is 4.74 Å². The maximum absolute atomic E-state index is 11.8. The predicted molar refractivity (Wildman–Crippen MR) is 85.5 cm³/mol. The molecule has 1 aromatic carbocycles. The minimum absolute atomic E-state index is 0.130. The second kappa shape index (κ2) is 8.08. The molecule has 1 aliphatic heterocycles. The van der Waals surface area contributed by atoms with Gasteiger partial charge in [-0.1, -0.05) is 30.3 Å². The molecule has 1 heterocycles. The number of ketones is 1.